The minimum absolute atomic E-state index is 0.0695. The molecule has 1 unspecified atom stereocenters. The molecule has 0 aliphatic heterocycles. The van der Waals surface area contributed by atoms with Crippen LogP contribution in [0.4, 0.5) is 0 Å². The highest BCUT2D eigenvalue weighted by molar-refractivity contribution is 5.70. The van der Waals surface area contributed by atoms with Gasteiger partial charge < -0.3 is 14.2 Å². The van der Waals surface area contributed by atoms with Crippen molar-refractivity contribution in [3.05, 3.63) is 60.8 Å². The molecular weight excluding hydrogens is 669 g/mol. The number of rotatable bonds is 41. The van der Waals surface area contributed by atoms with Crippen LogP contribution in [0.1, 0.15) is 213 Å². The lowest BCUT2D eigenvalue weighted by atomic mass is 10.1. The maximum Gasteiger partial charge on any atom is 0.306 e. The van der Waals surface area contributed by atoms with Crippen molar-refractivity contribution in [3.63, 3.8) is 0 Å². The van der Waals surface area contributed by atoms with Gasteiger partial charge in [0.05, 0.1) is 6.61 Å². The van der Waals surface area contributed by atoms with Gasteiger partial charge in [-0.25, -0.2) is 0 Å². The second-order valence-corrected chi connectivity index (χ2v) is 14.9. The van der Waals surface area contributed by atoms with Gasteiger partial charge >= 0.3 is 11.9 Å². The number of unbranched alkanes of at least 4 members (excludes halogenated alkanes) is 20. The van der Waals surface area contributed by atoms with Crippen LogP contribution < -0.4 is 0 Å². The van der Waals surface area contributed by atoms with Crippen LogP contribution in [0.25, 0.3) is 0 Å². The van der Waals surface area contributed by atoms with Crippen LogP contribution in [0.3, 0.4) is 0 Å². The van der Waals surface area contributed by atoms with Gasteiger partial charge in [0.15, 0.2) is 6.10 Å². The first-order valence-corrected chi connectivity index (χ1v) is 22.8. The van der Waals surface area contributed by atoms with Crippen LogP contribution in [0.15, 0.2) is 60.8 Å². The summed E-state index contributed by atoms with van der Waals surface area (Å²) in [5.41, 5.74) is 0. The largest absolute Gasteiger partial charge is 0.462 e. The smallest absolute Gasteiger partial charge is 0.306 e. The van der Waals surface area contributed by atoms with Gasteiger partial charge in [-0.1, -0.05) is 197 Å². The van der Waals surface area contributed by atoms with E-state index in [9.17, 15) is 9.59 Å². The van der Waals surface area contributed by atoms with Crippen molar-refractivity contribution < 1.29 is 23.8 Å². The van der Waals surface area contributed by atoms with Gasteiger partial charge in [-0.2, -0.15) is 0 Å². The zero-order valence-corrected chi connectivity index (χ0v) is 35.7. The molecule has 0 saturated carbocycles. The Hall–Kier alpha value is -2.40. The van der Waals surface area contributed by atoms with Gasteiger partial charge in [0.2, 0.25) is 0 Å². The van der Waals surface area contributed by atoms with E-state index in [4.69, 9.17) is 14.2 Å². The van der Waals surface area contributed by atoms with Crippen LogP contribution in [0.5, 0.6) is 0 Å². The van der Waals surface area contributed by atoms with E-state index in [0.29, 0.717) is 19.4 Å². The van der Waals surface area contributed by atoms with Gasteiger partial charge in [0, 0.05) is 19.4 Å². The summed E-state index contributed by atoms with van der Waals surface area (Å²) in [6, 6.07) is 0. The SMILES string of the molecule is CC/C=C\C/C=C\C/C=C\C/C=C\C/C=C\CCCCCC(=O)OCC(COCCCCCCCCCCCCCC)OC(=O)CCCCCCCCC. The standard InChI is InChI=1S/C49H86O5/c1-4-7-10-13-16-18-20-22-23-24-25-26-27-28-29-31-34-36-39-42-48(50)53-46-47(54-49(51)43-40-37-33-15-12-9-6-3)45-52-44-41-38-35-32-30-21-19-17-14-11-8-5-2/h7,10,16,18,22-23,25-26,28-29,47H,4-6,8-9,11-15,17,19-21,24,27,30-46H2,1-3H3/b10-7-,18-16-,23-22-,26-25-,29-28-. The normalized spacial score (nSPS) is 12.7. The third-order valence-electron chi connectivity index (χ3n) is 9.57. The first-order chi connectivity index (χ1) is 26.6. The van der Waals surface area contributed by atoms with Crippen LogP contribution in [-0.2, 0) is 23.8 Å². The quantitative estimate of drug-likeness (QED) is 0.0353. The minimum Gasteiger partial charge on any atom is -0.462 e. The molecule has 0 spiro atoms. The molecule has 54 heavy (non-hydrogen) atoms. The number of esters is 2. The van der Waals surface area contributed by atoms with Crippen molar-refractivity contribution in [2.45, 2.75) is 219 Å². The summed E-state index contributed by atoms with van der Waals surface area (Å²) >= 11 is 0. The molecule has 0 aromatic heterocycles. The summed E-state index contributed by atoms with van der Waals surface area (Å²) in [5.74, 6) is -0.437. The lowest BCUT2D eigenvalue weighted by Crippen LogP contribution is -2.30. The summed E-state index contributed by atoms with van der Waals surface area (Å²) in [7, 11) is 0. The summed E-state index contributed by atoms with van der Waals surface area (Å²) in [4.78, 5) is 25.1. The molecule has 0 radical (unpaired) electrons. The monoisotopic (exact) mass is 755 g/mol. The third-order valence-corrected chi connectivity index (χ3v) is 9.57. The second kappa shape index (κ2) is 45.0. The fourth-order valence-corrected chi connectivity index (χ4v) is 6.18. The molecule has 0 aliphatic rings. The average Bonchev–Trinajstić information content (AvgIpc) is 3.17. The van der Waals surface area contributed by atoms with E-state index < -0.39 is 6.10 Å². The fraction of sp³-hybridized carbons (Fsp3) is 0.755. The van der Waals surface area contributed by atoms with Gasteiger partial charge in [0.25, 0.3) is 0 Å². The lowest BCUT2D eigenvalue weighted by molar-refractivity contribution is -0.163. The van der Waals surface area contributed by atoms with Crippen LogP contribution >= 0.6 is 0 Å². The Balaban J connectivity index is 4.20. The molecule has 5 nitrogen and oxygen atoms in total. The molecule has 0 aromatic carbocycles. The molecule has 0 N–H and O–H groups in total. The molecule has 5 heteroatoms. The van der Waals surface area contributed by atoms with Crippen molar-refractivity contribution in [2.24, 2.45) is 0 Å². The van der Waals surface area contributed by atoms with E-state index in [0.717, 1.165) is 83.5 Å². The van der Waals surface area contributed by atoms with Crippen LogP contribution in [0, 0.1) is 0 Å². The summed E-state index contributed by atoms with van der Waals surface area (Å²) in [5, 5.41) is 0. The molecule has 0 fully saturated rings. The Bertz CT molecular complexity index is 946. The van der Waals surface area contributed by atoms with E-state index in [1.165, 1.54) is 96.3 Å². The average molecular weight is 755 g/mol. The van der Waals surface area contributed by atoms with Crippen molar-refractivity contribution >= 4 is 11.9 Å². The predicted octanol–water partition coefficient (Wildman–Crippen LogP) is 15.0. The first-order valence-electron chi connectivity index (χ1n) is 22.8. The van der Waals surface area contributed by atoms with E-state index in [-0.39, 0.29) is 25.2 Å². The Kier molecular flexibility index (Phi) is 43.0. The molecule has 0 bridgehead atoms. The molecule has 0 amide bonds. The zero-order valence-electron chi connectivity index (χ0n) is 35.7. The molecule has 0 aliphatic carbocycles. The second-order valence-electron chi connectivity index (χ2n) is 14.9. The molecule has 0 rings (SSSR count). The molecule has 0 heterocycles. The number of carbonyl (C=O) groups is 2. The molecule has 0 aromatic rings. The third kappa shape index (κ3) is 42.3. The zero-order chi connectivity index (χ0) is 39.3. The molecular formula is C49H86O5. The van der Waals surface area contributed by atoms with Crippen molar-refractivity contribution in [2.75, 3.05) is 19.8 Å². The van der Waals surface area contributed by atoms with E-state index in [1.807, 2.05) is 0 Å². The van der Waals surface area contributed by atoms with Gasteiger partial charge in [-0.05, 0) is 64.2 Å². The minimum atomic E-state index is -0.543. The Labute approximate surface area is 334 Å². The molecule has 312 valence electrons. The number of hydrogen-bond donors (Lipinski definition) is 0. The molecule has 0 saturated heterocycles. The first kappa shape index (κ1) is 51.6. The van der Waals surface area contributed by atoms with Crippen molar-refractivity contribution in [3.8, 4) is 0 Å². The number of ether oxygens (including phenoxy) is 3. The van der Waals surface area contributed by atoms with Crippen LogP contribution in [-0.4, -0.2) is 37.9 Å². The van der Waals surface area contributed by atoms with E-state index in [2.05, 4.69) is 81.5 Å². The van der Waals surface area contributed by atoms with Crippen LogP contribution in [0.2, 0.25) is 0 Å². The lowest BCUT2D eigenvalue weighted by Gasteiger charge is -2.18. The summed E-state index contributed by atoms with van der Waals surface area (Å²) in [6.07, 6.45) is 55.1. The number of hydrogen-bond acceptors (Lipinski definition) is 5. The Morgan fingerprint density at radius 1 is 0.426 bits per heavy atom. The van der Waals surface area contributed by atoms with E-state index >= 15 is 0 Å². The maximum absolute atomic E-state index is 12.6. The van der Waals surface area contributed by atoms with Gasteiger partial charge in [-0.3, -0.25) is 9.59 Å². The Morgan fingerprint density at radius 2 is 0.833 bits per heavy atom. The predicted molar refractivity (Wildman–Crippen MR) is 233 cm³/mol. The van der Waals surface area contributed by atoms with Crippen molar-refractivity contribution in [1.29, 1.82) is 0 Å². The highest BCUT2D eigenvalue weighted by Gasteiger charge is 2.17. The molecule has 1 atom stereocenters. The Morgan fingerprint density at radius 3 is 1.33 bits per heavy atom. The number of allylic oxidation sites excluding steroid dienone is 10. The summed E-state index contributed by atoms with van der Waals surface area (Å²) in [6.45, 7) is 7.65. The highest BCUT2D eigenvalue weighted by Crippen LogP contribution is 2.13. The number of carbonyl (C=O) groups excluding carboxylic acids is 2. The maximum atomic E-state index is 12.6. The topological polar surface area (TPSA) is 61.8 Å². The summed E-state index contributed by atoms with van der Waals surface area (Å²) < 4.78 is 17.2. The van der Waals surface area contributed by atoms with Gasteiger partial charge in [0.1, 0.15) is 6.61 Å². The van der Waals surface area contributed by atoms with E-state index in [1.54, 1.807) is 0 Å². The van der Waals surface area contributed by atoms with Gasteiger partial charge in [-0.15, -0.1) is 0 Å². The van der Waals surface area contributed by atoms with Crippen molar-refractivity contribution in [1.82, 2.24) is 0 Å². The fourth-order valence-electron chi connectivity index (χ4n) is 6.18. The highest BCUT2D eigenvalue weighted by atomic mass is 16.6.